The fraction of sp³-hybridized carbons (Fsp3) is 0.143. The Morgan fingerprint density at radius 3 is 2.35 bits per heavy atom. The molecular formula is C14H15ClN2. The van der Waals surface area contributed by atoms with E-state index in [1.54, 1.807) is 0 Å². The lowest BCUT2D eigenvalue weighted by atomic mass is 9.98. The minimum absolute atomic E-state index is 0.0331. The number of halogens is 1. The van der Waals surface area contributed by atoms with E-state index in [0.717, 1.165) is 16.1 Å². The van der Waals surface area contributed by atoms with Crippen LogP contribution in [0.15, 0.2) is 48.5 Å². The third kappa shape index (κ3) is 2.86. The summed E-state index contributed by atoms with van der Waals surface area (Å²) in [5.41, 5.74) is 6.24. The van der Waals surface area contributed by atoms with Gasteiger partial charge in [-0.15, -0.1) is 0 Å². The first-order chi connectivity index (χ1) is 8.20. The third-order valence-electron chi connectivity index (χ3n) is 2.76. The SMILES string of the molecule is Cc1ccc(C(NN)c2cccc(Cl)c2)cc1. The predicted octanol–water partition coefficient (Wildman–Crippen LogP) is 3.20. The highest BCUT2D eigenvalue weighted by atomic mass is 35.5. The molecular weight excluding hydrogens is 232 g/mol. The van der Waals surface area contributed by atoms with Crippen molar-refractivity contribution in [1.82, 2.24) is 5.43 Å². The Morgan fingerprint density at radius 2 is 1.76 bits per heavy atom. The number of benzene rings is 2. The lowest BCUT2D eigenvalue weighted by molar-refractivity contribution is 0.637. The number of nitrogens with one attached hydrogen (secondary N) is 1. The fourth-order valence-corrected chi connectivity index (χ4v) is 2.03. The van der Waals surface area contributed by atoms with Crippen molar-refractivity contribution in [1.29, 1.82) is 0 Å². The second kappa shape index (κ2) is 5.32. The Morgan fingerprint density at radius 1 is 1.06 bits per heavy atom. The van der Waals surface area contributed by atoms with Crippen LogP contribution in [-0.4, -0.2) is 0 Å². The van der Waals surface area contributed by atoms with Gasteiger partial charge in [0.1, 0.15) is 0 Å². The molecule has 3 N–H and O–H groups in total. The molecule has 0 aliphatic heterocycles. The maximum absolute atomic E-state index is 5.99. The number of hydrazine groups is 1. The van der Waals surface area contributed by atoms with E-state index in [1.807, 2.05) is 24.3 Å². The van der Waals surface area contributed by atoms with Crippen LogP contribution in [0.25, 0.3) is 0 Å². The van der Waals surface area contributed by atoms with E-state index in [0.29, 0.717) is 0 Å². The van der Waals surface area contributed by atoms with Gasteiger partial charge < -0.3 is 0 Å². The first kappa shape index (κ1) is 12.1. The highest BCUT2D eigenvalue weighted by Gasteiger charge is 2.11. The molecule has 0 saturated heterocycles. The van der Waals surface area contributed by atoms with Crippen LogP contribution in [0.2, 0.25) is 5.02 Å². The average molecular weight is 247 g/mol. The number of aryl methyl sites for hydroxylation is 1. The Balaban J connectivity index is 2.36. The fourth-order valence-electron chi connectivity index (χ4n) is 1.83. The van der Waals surface area contributed by atoms with Crippen LogP contribution in [0.1, 0.15) is 22.7 Å². The molecule has 0 aliphatic rings. The van der Waals surface area contributed by atoms with Gasteiger partial charge in [0.05, 0.1) is 6.04 Å². The van der Waals surface area contributed by atoms with Gasteiger partial charge >= 0.3 is 0 Å². The molecule has 2 aromatic rings. The molecule has 1 atom stereocenters. The van der Waals surface area contributed by atoms with E-state index in [-0.39, 0.29) is 6.04 Å². The summed E-state index contributed by atoms with van der Waals surface area (Å²) in [5, 5.41) is 0.717. The van der Waals surface area contributed by atoms with E-state index in [1.165, 1.54) is 5.56 Å². The van der Waals surface area contributed by atoms with Crippen molar-refractivity contribution in [2.24, 2.45) is 5.84 Å². The van der Waals surface area contributed by atoms with Gasteiger partial charge in [-0.25, -0.2) is 5.43 Å². The van der Waals surface area contributed by atoms with Crippen LogP contribution in [0, 0.1) is 6.92 Å². The summed E-state index contributed by atoms with van der Waals surface area (Å²) < 4.78 is 0. The molecule has 0 saturated carbocycles. The quantitative estimate of drug-likeness (QED) is 0.645. The normalized spacial score (nSPS) is 12.4. The second-order valence-electron chi connectivity index (χ2n) is 4.07. The van der Waals surface area contributed by atoms with Crippen LogP contribution in [0.5, 0.6) is 0 Å². The Hall–Kier alpha value is -1.35. The molecule has 17 heavy (non-hydrogen) atoms. The van der Waals surface area contributed by atoms with E-state index in [4.69, 9.17) is 17.4 Å². The Kier molecular flexibility index (Phi) is 3.79. The van der Waals surface area contributed by atoms with Crippen molar-refractivity contribution >= 4 is 11.6 Å². The minimum atomic E-state index is -0.0331. The molecule has 0 heterocycles. The van der Waals surface area contributed by atoms with E-state index < -0.39 is 0 Å². The zero-order chi connectivity index (χ0) is 12.3. The van der Waals surface area contributed by atoms with Gasteiger partial charge in [-0.1, -0.05) is 53.6 Å². The molecule has 88 valence electrons. The van der Waals surface area contributed by atoms with Gasteiger partial charge in [-0.05, 0) is 30.2 Å². The van der Waals surface area contributed by atoms with Crippen molar-refractivity contribution in [3.8, 4) is 0 Å². The van der Waals surface area contributed by atoms with E-state index in [9.17, 15) is 0 Å². The lowest BCUT2D eigenvalue weighted by Crippen LogP contribution is -2.28. The Bertz CT molecular complexity index is 494. The largest absolute Gasteiger partial charge is 0.271 e. The molecule has 0 aromatic heterocycles. The molecule has 0 spiro atoms. The highest BCUT2D eigenvalue weighted by molar-refractivity contribution is 6.30. The summed E-state index contributed by atoms with van der Waals surface area (Å²) in [6, 6.07) is 16.0. The van der Waals surface area contributed by atoms with E-state index in [2.05, 4.69) is 36.6 Å². The van der Waals surface area contributed by atoms with Crippen molar-refractivity contribution < 1.29 is 0 Å². The molecule has 0 aliphatic carbocycles. The zero-order valence-corrected chi connectivity index (χ0v) is 10.4. The number of rotatable bonds is 3. The van der Waals surface area contributed by atoms with Crippen LogP contribution in [-0.2, 0) is 0 Å². The summed E-state index contributed by atoms with van der Waals surface area (Å²) in [6.45, 7) is 2.06. The smallest absolute Gasteiger partial charge is 0.0710 e. The lowest BCUT2D eigenvalue weighted by Gasteiger charge is -2.17. The monoisotopic (exact) mass is 246 g/mol. The number of hydrogen-bond donors (Lipinski definition) is 2. The summed E-state index contributed by atoms with van der Waals surface area (Å²) in [5.74, 6) is 5.63. The first-order valence-corrected chi connectivity index (χ1v) is 5.86. The molecule has 0 fully saturated rings. The van der Waals surface area contributed by atoms with Crippen molar-refractivity contribution in [2.45, 2.75) is 13.0 Å². The van der Waals surface area contributed by atoms with Gasteiger partial charge in [0.2, 0.25) is 0 Å². The molecule has 0 amide bonds. The Labute approximate surface area is 106 Å². The van der Waals surface area contributed by atoms with Crippen molar-refractivity contribution in [3.05, 3.63) is 70.2 Å². The zero-order valence-electron chi connectivity index (χ0n) is 9.65. The highest BCUT2D eigenvalue weighted by Crippen LogP contribution is 2.23. The van der Waals surface area contributed by atoms with Crippen LogP contribution < -0.4 is 11.3 Å². The maximum Gasteiger partial charge on any atom is 0.0710 e. The van der Waals surface area contributed by atoms with E-state index >= 15 is 0 Å². The molecule has 1 unspecified atom stereocenters. The summed E-state index contributed by atoms with van der Waals surface area (Å²) in [7, 11) is 0. The summed E-state index contributed by atoms with van der Waals surface area (Å²) in [4.78, 5) is 0. The topological polar surface area (TPSA) is 38.0 Å². The summed E-state index contributed by atoms with van der Waals surface area (Å²) in [6.07, 6.45) is 0. The standard InChI is InChI=1S/C14H15ClN2/c1-10-5-7-11(8-6-10)14(17-16)12-3-2-4-13(15)9-12/h2-9,14,17H,16H2,1H3. The first-order valence-electron chi connectivity index (χ1n) is 5.49. The van der Waals surface area contributed by atoms with Crippen LogP contribution in [0.4, 0.5) is 0 Å². The van der Waals surface area contributed by atoms with Crippen molar-refractivity contribution in [3.63, 3.8) is 0 Å². The molecule has 0 radical (unpaired) electrons. The third-order valence-corrected chi connectivity index (χ3v) is 2.99. The van der Waals surface area contributed by atoms with Crippen LogP contribution in [0.3, 0.4) is 0 Å². The molecule has 3 heteroatoms. The molecule has 2 nitrogen and oxygen atoms in total. The van der Waals surface area contributed by atoms with Gasteiger partial charge in [-0.3, -0.25) is 5.84 Å². The average Bonchev–Trinajstić information content (AvgIpc) is 2.33. The molecule has 2 aromatic carbocycles. The number of hydrogen-bond acceptors (Lipinski definition) is 2. The van der Waals surface area contributed by atoms with Gasteiger partial charge in [0.15, 0.2) is 0 Å². The second-order valence-corrected chi connectivity index (χ2v) is 4.50. The summed E-state index contributed by atoms with van der Waals surface area (Å²) >= 11 is 5.99. The number of nitrogens with two attached hydrogens (primary N) is 1. The molecule has 0 bridgehead atoms. The predicted molar refractivity (Wildman–Crippen MR) is 71.8 cm³/mol. The maximum atomic E-state index is 5.99. The van der Waals surface area contributed by atoms with Crippen LogP contribution >= 0.6 is 11.6 Å². The van der Waals surface area contributed by atoms with Gasteiger partial charge in [0, 0.05) is 5.02 Å². The minimum Gasteiger partial charge on any atom is -0.271 e. The van der Waals surface area contributed by atoms with Crippen molar-refractivity contribution in [2.75, 3.05) is 0 Å². The molecule has 2 rings (SSSR count). The van der Waals surface area contributed by atoms with Gasteiger partial charge in [-0.2, -0.15) is 0 Å². The van der Waals surface area contributed by atoms with Gasteiger partial charge in [0.25, 0.3) is 0 Å².